The number of H-pyrrole nitrogens is 1. The van der Waals surface area contributed by atoms with E-state index < -0.39 is 0 Å². The smallest absolute Gasteiger partial charge is 0.278 e. The van der Waals surface area contributed by atoms with E-state index >= 15 is 0 Å². The normalized spacial score (nSPS) is 22.0. The Morgan fingerprint density at radius 1 is 1.45 bits per heavy atom. The quantitative estimate of drug-likeness (QED) is 0.869. The van der Waals surface area contributed by atoms with Crippen LogP contribution < -0.4 is 11.2 Å². The number of rotatable bonds is 2. The summed E-state index contributed by atoms with van der Waals surface area (Å²) in [6, 6.07) is 7.03. The Labute approximate surface area is 128 Å². The van der Waals surface area contributed by atoms with Gasteiger partial charge in [-0.15, -0.1) is 0 Å². The van der Waals surface area contributed by atoms with Gasteiger partial charge >= 0.3 is 0 Å². The predicted molar refractivity (Wildman–Crippen MR) is 84.6 cm³/mol. The Morgan fingerprint density at radius 3 is 3.00 bits per heavy atom. The molecule has 6 nitrogen and oxygen atoms in total. The highest BCUT2D eigenvalue weighted by Crippen LogP contribution is 2.23. The molecule has 0 saturated carbocycles. The molecule has 1 fully saturated rings. The zero-order chi connectivity index (χ0) is 15.7. The number of nitrogens with one attached hydrogen (secondary N) is 1. The summed E-state index contributed by atoms with van der Waals surface area (Å²) in [6.45, 7) is 3.12. The van der Waals surface area contributed by atoms with Crippen molar-refractivity contribution in [3.63, 3.8) is 0 Å². The average Bonchev–Trinajstić information content (AvgIpc) is 2.54. The minimum Gasteiger partial charge on any atom is -0.333 e. The zero-order valence-electron chi connectivity index (χ0n) is 12.6. The molecule has 2 heterocycles. The second-order valence-corrected chi connectivity index (χ2v) is 5.87. The first-order chi connectivity index (χ1) is 10.6. The molecular formula is C16H20N4O2. The van der Waals surface area contributed by atoms with Crippen molar-refractivity contribution in [2.75, 3.05) is 13.1 Å². The van der Waals surface area contributed by atoms with Crippen molar-refractivity contribution in [3.05, 3.63) is 40.2 Å². The number of likely N-dealkylation sites (tertiary alicyclic amines) is 1. The van der Waals surface area contributed by atoms with Crippen LogP contribution in [-0.4, -0.2) is 40.1 Å². The van der Waals surface area contributed by atoms with Gasteiger partial charge < -0.3 is 10.6 Å². The van der Waals surface area contributed by atoms with Gasteiger partial charge in [0.1, 0.15) is 0 Å². The number of hydrogen-bond donors (Lipinski definition) is 2. The summed E-state index contributed by atoms with van der Waals surface area (Å²) in [7, 11) is 0. The van der Waals surface area contributed by atoms with E-state index in [9.17, 15) is 9.59 Å². The maximum absolute atomic E-state index is 12.8. The van der Waals surface area contributed by atoms with Crippen molar-refractivity contribution in [2.24, 2.45) is 11.7 Å². The van der Waals surface area contributed by atoms with Crippen molar-refractivity contribution in [2.45, 2.75) is 25.8 Å². The van der Waals surface area contributed by atoms with Crippen LogP contribution in [0.2, 0.25) is 0 Å². The largest absolute Gasteiger partial charge is 0.333 e. The highest BCUT2D eigenvalue weighted by molar-refractivity contribution is 5.95. The molecule has 1 saturated heterocycles. The number of carbonyl (C=O) groups is 1. The van der Waals surface area contributed by atoms with Gasteiger partial charge in [-0.1, -0.05) is 19.1 Å². The number of nitrogens with two attached hydrogens (primary N) is 1. The predicted octanol–water partition coefficient (Wildman–Crippen LogP) is 1.12. The molecule has 1 aromatic heterocycles. The highest BCUT2D eigenvalue weighted by atomic mass is 16.2. The number of aromatic amines is 1. The Balaban J connectivity index is 2.01. The topological polar surface area (TPSA) is 92.1 Å². The van der Waals surface area contributed by atoms with Crippen LogP contribution in [0.1, 0.15) is 30.3 Å². The summed E-state index contributed by atoms with van der Waals surface area (Å²) in [4.78, 5) is 27.0. The van der Waals surface area contributed by atoms with E-state index in [0.29, 0.717) is 29.9 Å². The van der Waals surface area contributed by atoms with E-state index in [1.807, 2.05) is 6.07 Å². The highest BCUT2D eigenvalue weighted by Gasteiger charge is 2.33. The van der Waals surface area contributed by atoms with Crippen LogP contribution in [0, 0.1) is 5.92 Å². The van der Waals surface area contributed by atoms with Gasteiger partial charge in [0, 0.05) is 24.5 Å². The van der Waals surface area contributed by atoms with E-state index in [4.69, 9.17) is 5.73 Å². The van der Waals surface area contributed by atoms with Crippen LogP contribution in [0.25, 0.3) is 10.9 Å². The first-order valence-corrected chi connectivity index (χ1v) is 7.62. The van der Waals surface area contributed by atoms with E-state index in [1.54, 1.807) is 23.1 Å². The van der Waals surface area contributed by atoms with Gasteiger partial charge in [-0.3, -0.25) is 14.7 Å². The maximum Gasteiger partial charge on any atom is 0.278 e. The Bertz CT molecular complexity index is 755. The van der Waals surface area contributed by atoms with Gasteiger partial charge in [0.2, 0.25) is 5.43 Å². The SMILES string of the molecule is C[C@@H]1CCCN(C(=O)c2n[nH]c3ccccc3c2=O)[C@@H]1CN. The monoisotopic (exact) mass is 300 g/mol. The van der Waals surface area contributed by atoms with Gasteiger partial charge in [-0.2, -0.15) is 5.10 Å². The third-order valence-corrected chi connectivity index (χ3v) is 4.50. The molecule has 2 atom stereocenters. The fourth-order valence-electron chi connectivity index (χ4n) is 3.21. The molecule has 1 aromatic carbocycles. The molecule has 0 radical (unpaired) electrons. The first-order valence-electron chi connectivity index (χ1n) is 7.62. The van der Waals surface area contributed by atoms with E-state index in [2.05, 4.69) is 17.1 Å². The number of nitrogens with zero attached hydrogens (tertiary/aromatic N) is 2. The molecule has 3 N–H and O–H groups in total. The second-order valence-electron chi connectivity index (χ2n) is 5.87. The minimum absolute atomic E-state index is 0.0334. The number of hydrogen-bond acceptors (Lipinski definition) is 4. The summed E-state index contributed by atoms with van der Waals surface area (Å²) < 4.78 is 0. The lowest BCUT2D eigenvalue weighted by Gasteiger charge is -2.39. The summed E-state index contributed by atoms with van der Waals surface area (Å²) in [5.74, 6) is 0.0104. The molecule has 116 valence electrons. The Morgan fingerprint density at radius 2 is 2.23 bits per heavy atom. The van der Waals surface area contributed by atoms with E-state index in [1.165, 1.54) is 0 Å². The number of aromatic nitrogens is 2. The van der Waals surface area contributed by atoms with E-state index in [-0.39, 0.29) is 23.1 Å². The molecule has 2 aromatic rings. The fourth-order valence-corrected chi connectivity index (χ4v) is 3.21. The third kappa shape index (κ3) is 2.39. The number of piperidine rings is 1. The fraction of sp³-hybridized carbons (Fsp3) is 0.438. The number of para-hydroxylation sites is 1. The van der Waals surface area contributed by atoms with Gasteiger partial charge in [0.25, 0.3) is 5.91 Å². The molecule has 1 aliphatic rings. The van der Waals surface area contributed by atoms with Gasteiger partial charge in [0.15, 0.2) is 5.69 Å². The first kappa shape index (κ1) is 14.7. The van der Waals surface area contributed by atoms with Crippen molar-refractivity contribution >= 4 is 16.8 Å². The third-order valence-electron chi connectivity index (χ3n) is 4.50. The molecule has 0 spiro atoms. The zero-order valence-corrected chi connectivity index (χ0v) is 12.6. The molecule has 6 heteroatoms. The molecule has 3 rings (SSSR count). The summed E-state index contributed by atoms with van der Waals surface area (Å²) in [5, 5.41) is 7.28. The summed E-state index contributed by atoms with van der Waals surface area (Å²) in [6.07, 6.45) is 1.97. The lowest BCUT2D eigenvalue weighted by atomic mass is 9.90. The van der Waals surface area contributed by atoms with Crippen LogP contribution in [0.15, 0.2) is 29.1 Å². The summed E-state index contributed by atoms with van der Waals surface area (Å²) in [5.41, 5.74) is 6.08. The molecule has 1 amide bonds. The maximum atomic E-state index is 12.8. The van der Waals surface area contributed by atoms with Crippen LogP contribution in [0.5, 0.6) is 0 Å². The molecular weight excluding hydrogens is 280 g/mol. The van der Waals surface area contributed by atoms with Crippen molar-refractivity contribution < 1.29 is 4.79 Å². The van der Waals surface area contributed by atoms with Crippen LogP contribution in [0.4, 0.5) is 0 Å². The number of benzene rings is 1. The molecule has 0 unspecified atom stereocenters. The standard InChI is InChI=1S/C16H20N4O2/c1-10-5-4-8-20(13(10)9-17)16(22)14-15(21)11-6-2-3-7-12(11)18-19-14/h2-3,6-7,10,13H,4-5,8-9,17H2,1H3,(H,18,21)/t10-,13-/m1/s1. The lowest BCUT2D eigenvalue weighted by molar-refractivity contribution is 0.0524. The number of carbonyl (C=O) groups excluding carboxylic acids is 1. The molecule has 0 aliphatic carbocycles. The number of amides is 1. The Hall–Kier alpha value is -2.21. The van der Waals surface area contributed by atoms with Crippen LogP contribution in [-0.2, 0) is 0 Å². The molecule has 0 bridgehead atoms. The average molecular weight is 300 g/mol. The van der Waals surface area contributed by atoms with Crippen molar-refractivity contribution in [1.82, 2.24) is 15.1 Å². The van der Waals surface area contributed by atoms with Crippen LogP contribution in [0.3, 0.4) is 0 Å². The minimum atomic E-state index is -0.326. The lowest BCUT2D eigenvalue weighted by Crippen LogP contribution is -2.52. The molecule has 22 heavy (non-hydrogen) atoms. The van der Waals surface area contributed by atoms with Gasteiger partial charge in [0.05, 0.1) is 5.52 Å². The van der Waals surface area contributed by atoms with Gasteiger partial charge in [-0.25, -0.2) is 0 Å². The second kappa shape index (κ2) is 5.88. The number of fused-ring (bicyclic) bond motifs is 1. The van der Waals surface area contributed by atoms with Crippen LogP contribution >= 0.6 is 0 Å². The van der Waals surface area contributed by atoms with E-state index in [0.717, 1.165) is 12.8 Å². The van der Waals surface area contributed by atoms with Gasteiger partial charge in [-0.05, 0) is 30.9 Å². The van der Waals surface area contributed by atoms with Crippen molar-refractivity contribution in [1.29, 1.82) is 0 Å². The Kier molecular flexibility index (Phi) is 3.94. The molecule has 1 aliphatic heterocycles. The van der Waals surface area contributed by atoms with Crippen molar-refractivity contribution in [3.8, 4) is 0 Å². The summed E-state index contributed by atoms with van der Waals surface area (Å²) >= 11 is 0.